The molecule has 0 unspecified atom stereocenters. The molecule has 0 radical (unpaired) electrons. The molecule has 5 heteroatoms. The molecule has 1 spiro atoms. The van der Waals surface area contributed by atoms with Gasteiger partial charge in [0.25, 0.3) is 5.91 Å². The van der Waals surface area contributed by atoms with Crippen molar-refractivity contribution < 1.29 is 9.53 Å². The van der Waals surface area contributed by atoms with E-state index in [1.165, 1.54) is 19.4 Å². The van der Waals surface area contributed by atoms with E-state index in [1.807, 2.05) is 4.90 Å². The molecule has 1 aromatic rings. The van der Waals surface area contributed by atoms with Crippen molar-refractivity contribution in [2.24, 2.45) is 0 Å². The summed E-state index contributed by atoms with van der Waals surface area (Å²) in [6, 6.07) is 3.60. The summed E-state index contributed by atoms with van der Waals surface area (Å²) in [5.74, 6) is 0.138. The lowest BCUT2D eigenvalue weighted by Crippen LogP contribution is -2.53. The molecule has 0 aliphatic carbocycles. The number of carbonyl (C=O) groups is 1. The zero-order valence-electron chi connectivity index (χ0n) is 13.3. The molecule has 3 heterocycles. The van der Waals surface area contributed by atoms with Gasteiger partial charge in [-0.1, -0.05) is 0 Å². The summed E-state index contributed by atoms with van der Waals surface area (Å²) in [4.78, 5) is 21.1. The fourth-order valence-corrected chi connectivity index (χ4v) is 3.91. The minimum atomic E-state index is 0.138. The highest BCUT2D eigenvalue weighted by Crippen LogP contribution is 2.38. The van der Waals surface area contributed by atoms with Crippen molar-refractivity contribution in [1.29, 1.82) is 0 Å². The number of nitrogens with zero attached hydrogens (tertiary/aromatic N) is 3. The van der Waals surface area contributed by atoms with Gasteiger partial charge in [0.15, 0.2) is 0 Å². The van der Waals surface area contributed by atoms with Gasteiger partial charge in [-0.3, -0.25) is 14.7 Å². The fraction of sp³-hybridized carbons (Fsp3) is 0.647. The van der Waals surface area contributed by atoms with Crippen LogP contribution in [0, 0.1) is 0 Å². The van der Waals surface area contributed by atoms with Gasteiger partial charge in [-0.25, -0.2) is 0 Å². The van der Waals surface area contributed by atoms with Crippen molar-refractivity contribution in [1.82, 2.24) is 14.8 Å². The number of piperidine rings is 1. The summed E-state index contributed by atoms with van der Waals surface area (Å²) in [6.45, 7) is 4.67. The summed E-state index contributed by atoms with van der Waals surface area (Å²) in [5, 5.41) is 0. The van der Waals surface area contributed by atoms with Gasteiger partial charge in [0.1, 0.15) is 0 Å². The predicted molar refractivity (Wildman–Crippen MR) is 84.8 cm³/mol. The molecule has 2 aliphatic heterocycles. The van der Waals surface area contributed by atoms with E-state index in [1.54, 1.807) is 31.6 Å². The molecule has 0 atom stereocenters. The first kappa shape index (κ1) is 15.4. The van der Waals surface area contributed by atoms with E-state index in [0.717, 1.165) is 44.6 Å². The molecular weight excluding hydrogens is 278 g/mol. The second-order valence-electron chi connectivity index (χ2n) is 6.34. The molecule has 2 aliphatic rings. The lowest BCUT2D eigenvalue weighted by atomic mass is 9.84. The zero-order chi connectivity index (χ0) is 15.4. The predicted octanol–water partition coefficient (Wildman–Crippen LogP) is 1.80. The van der Waals surface area contributed by atoms with Crippen LogP contribution in [0.2, 0.25) is 0 Å². The Kier molecular flexibility index (Phi) is 4.74. The molecule has 1 aromatic heterocycles. The van der Waals surface area contributed by atoms with E-state index >= 15 is 0 Å². The highest BCUT2D eigenvalue weighted by molar-refractivity contribution is 5.94. The lowest BCUT2D eigenvalue weighted by Gasteiger charge is -2.45. The molecular formula is C17H25N3O2. The third kappa shape index (κ3) is 3.01. The minimum Gasteiger partial charge on any atom is -0.383 e. The molecule has 3 rings (SSSR count). The van der Waals surface area contributed by atoms with Crippen LogP contribution in [0.1, 0.15) is 36.0 Å². The monoisotopic (exact) mass is 303 g/mol. The molecule has 1 amide bonds. The number of pyridine rings is 1. The maximum atomic E-state index is 12.5. The topological polar surface area (TPSA) is 45.7 Å². The number of ether oxygens (including phenoxy) is 1. The van der Waals surface area contributed by atoms with Crippen molar-refractivity contribution in [3.05, 3.63) is 30.1 Å². The van der Waals surface area contributed by atoms with E-state index in [4.69, 9.17) is 4.74 Å². The van der Waals surface area contributed by atoms with Crippen LogP contribution in [0.3, 0.4) is 0 Å². The van der Waals surface area contributed by atoms with E-state index in [-0.39, 0.29) is 5.91 Å². The Hall–Kier alpha value is -1.46. The number of aromatic nitrogens is 1. The molecule has 22 heavy (non-hydrogen) atoms. The quantitative estimate of drug-likeness (QED) is 0.851. The highest BCUT2D eigenvalue weighted by Gasteiger charge is 2.43. The van der Waals surface area contributed by atoms with Crippen LogP contribution in [0.4, 0.5) is 0 Å². The van der Waals surface area contributed by atoms with Gasteiger partial charge < -0.3 is 9.64 Å². The van der Waals surface area contributed by atoms with Crippen LogP contribution in [-0.2, 0) is 4.74 Å². The molecule has 0 saturated carbocycles. The van der Waals surface area contributed by atoms with E-state index < -0.39 is 0 Å². The Bertz CT molecular complexity index is 498. The van der Waals surface area contributed by atoms with Crippen molar-refractivity contribution >= 4 is 5.91 Å². The van der Waals surface area contributed by atoms with E-state index in [9.17, 15) is 4.79 Å². The van der Waals surface area contributed by atoms with Crippen LogP contribution in [-0.4, -0.2) is 66.1 Å². The molecule has 0 bridgehead atoms. The van der Waals surface area contributed by atoms with Gasteiger partial charge >= 0.3 is 0 Å². The number of likely N-dealkylation sites (tertiary alicyclic amines) is 2. The highest BCUT2D eigenvalue weighted by atomic mass is 16.5. The van der Waals surface area contributed by atoms with Crippen LogP contribution in [0.5, 0.6) is 0 Å². The van der Waals surface area contributed by atoms with Gasteiger partial charge in [0.2, 0.25) is 0 Å². The van der Waals surface area contributed by atoms with E-state index in [2.05, 4.69) is 9.88 Å². The van der Waals surface area contributed by atoms with Gasteiger partial charge in [-0.2, -0.15) is 0 Å². The first-order valence-corrected chi connectivity index (χ1v) is 8.18. The average molecular weight is 303 g/mol. The first-order valence-electron chi connectivity index (χ1n) is 8.18. The Labute approximate surface area is 132 Å². The summed E-state index contributed by atoms with van der Waals surface area (Å²) in [7, 11) is 1.76. The Morgan fingerprint density at radius 2 is 1.95 bits per heavy atom. The molecule has 0 N–H and O–H groups in total. The minimum absolute atomic E-state index is 0.138. The zero-order valence-corrected chi connectivity index (χ0v) is 13.3. The largest absolute Gasteiger partial charge is 0.383 e. The summed E-state index contributed by atoms with van der Waals surface area (Å²) in [5.41, 5.74) is 1.04. The normalized spacial score (nSPS) is 21.4. The molecule has 5 nitrogen and oxygen atoms in total. The number of hydrogen-bond donors (Lipinski definition) is 0. The third-order valence-electron chi connectivity index (χ3n) is 5.21. The van der Waals surface area contributed by atoms with Crippen molar-refractivity contribution in [3.8, 4) is 0 Å². The standard InChI is InChI=1S/C17H25N3O2/c1-22-14-13-20-10-2-5-17(20)6-11-19(12-7-17)16(21)15-3-8-18-9-4-15/h3-4,8-9H,2,5-7,10-14H2,1H3. The number of rotatable bonds is 4. The summed E-state index contributed by atoms with van der Waals surface area (Å²) in [6.07, 6.45) is 8.04. The Morgan fingerprint density at radius 1 is 1.23 bits per heavy atom. The molecule has 120 valence electrons. The maximum absolute atomic E-state index is 12.5. The molecule has 2 saturated heterocycles. The Balaban J connectivity index is 1.61. The van der Waals surface area contributed by atoms with Crippen molar-refractivity contribution in [3.63, 3.8) is 0 Å². The van der Waals surface area contributed by atoms with Gasteiger partial charge in [-0.15, -0.1) is 0 Å². The van der Waals surface area contributed by atoms with Crippen LogP contribution in [0.15, 0.2) is 24.5 Å². The first-order chi connectivity index (χ1) is 10.7. The van der Waals surface area contributed by atoms with Crippen molar-refractivity contribution in [2.75, 3.05) is 39.9 Å². The second kappa shape index (κ2) is 6.75. The lowest BCUT2D eigenvalue weighted by molar-refractivity contribution is 0.0310. The van der Waals surface area contributed by atoms with Gasteiger partial charge in [-0.05, 0) is 44.4 Å². The van der Waals surface area contributed by atoms with Crippen molar-refractivity contribution in [2.45, 2.75) is 31.2 Å². The summed E-state index contributed by atoms with van der Waals surface area (Å²) >= 11 is 0. The number of methoxy groups -OCH3 is 1. The number of amides is 1. The Morgan fingerprint density at radius 3 is 2.64 bits per heavy atom. The smallest absolute Gasteiger partial charge is 0.253 e. The third-order valence-corrected chi connectivity index (χ3v) is 5.21. The molecule has 0 aromatic carbocycles. The number of carbonyl (C=O) groups excluding carboxylic acids is 1. The average Bonchev–Trinajstić information content (AvgIpc) is 2.96. The van der Waals surface area contributed by atoms with Gasteiger partial charge in [0.05, 0.1) is 6.61 Å². The van der Waals surface area contributed by atoms with E-state index in [0.29, 0.717) is 5.54 Å². The van der Waals surface area contributed by atoms with Crippen LogP contribution in [0.25, 0.3) is 0 Å². The summed E-state index contributed by atoms with van der Waals surface area (Å²) < 4.78 is 5.24. The van der Waals surface area contributed by atoms with Crippen LogP contribution < -0.4 is 0 Å². The second-order valence-corrected chi connectivity index (χ2v) is 6.34. The number of hydrogen-bond acceptors (Lipinski definition) is 4. The SMILES string of the molecule is COCCN1CCCC12CCN(C(=O)c1ccncc1)CC2. The molecule has 2 fully saturated rings. The maximum Gasteiger partial charge on any atom is 0.253 e. The van der Waals surface area contributed by atoms with Gasteiger partial charge in [0, 0.05) is 50.2 Å². The van der Waals surface area contributed by atoms with Crippen LogP contribution >= 0.6 is 0 Å². The fourth-order valence-electron chi connectivity index (χ4n) is 3.91.